The lowest BCUT2D eigenvalue weighted by molar-refractivity contribution is 0.0701. The van der Waals surface area contributed by atoms with Gasteiger partial charge in [-0.05, 0) is 31.4 Å². The predicted octanol–water partition coefficient (Wildman–Crippen LogP) is 4.86. The molecule has 1 saturated carbocycles. The summed E-state index contributed by atoms with van der Waals surface area (Å²) in [6, 6.07) is 12.8. The number of carbonyl (C=O) groups excluding carboxylic acids is 1. The normalized spacial score (nSPS) is 15.5. The molecule has 3 aromatic rings. The van der Waals surface area contributed by atoms with Crippen molar-refractivity contribution in [2.45, 2.75) is 51.6 Å². The number of hydrogen-bond acceptors (Lipinski definition) is 3. The summed E-state index contributed by atoms with van der Waals surface area (Å²) in [5.41, 5.74) is 2.21. The molecule has 1 amide bonds. The van der Waals surface area contributed by atoms with Gasteiger partial charge in [-0.3, -0.25) is 9.48 Å². The van der Waals surface area contributed by atoms with Gasteiger partial charge < -0.3 is 4.90 Å². The second kappa shape index (κ2) is 7.23. The number of aryl methyl sites for hydroxylation is 1. The standard InChI is InChI=1S/C21H25N3OS/c1-15-18-13-19(20(25)23(2)17-11-7-4-8-12-17)26-21(18)24(22-15)14-16-9-5-3-6-10-16/h3,5-6,9-10,13,17H,4,7-8,11-12,14H2,1-2H3. The van der Waals surface area contributed by atoms with E-state index in [-0.39, 0.29) is 5.91 Å². The Labute approximate surface area is 158 Å². The van der Waals surface area contributed by atoms with Gasteiger partial charge in [-0.15, -0.1) is 11.3 Å². The molecule has 0 radical (unpaired) electrons. The maximum Gasteiger partial charge on any atom is 0.264 e. The molecule has 1 fully saturated rings. The van der Waals surface area contributed by atoms with Crippen molar-refractivity contribution < 1.29 is 4.79 Å². The van der Waals surface area contributed by atoms with Crippen LogP contribution in [0.1, 0.15) is 53.0 Å². The van der Waals surface area contributed by atoms with Crippen LogP contribution in [0.15, 0.2) is 36.4 Å². The minimum Gasteiger partial charge on any atom is -0.338 e. The first-order chi connectivity index (χ1) is 12.6. The summed E-state index contributed by atoms with van der Waals surface area (Å²) in [5.74, 6) is 0.156. The summed E-state index contributed by atoms with van der Waals surface area (Å²) in [4.78, 5) is 16.9. The fourth-order valence-corrected chi connectivity index (χ4v) is 5.03. The summed E-state index contributed by atoms with van der Waals surface area (Å²) in [6.45, 7) is 2.76. The Hall–Kier alpha value is -2.14. The van der Waals surface area contributed by atoms with Crippen molar-refractivity contribution in [3.63, 3.8) is 0 Å². The molecular formula is C21H25N3OS. The molecule has 4 rings (SSSR count). The molecule has 2 aromatic heterocycles. The van der Waals surface area contributed by atoms with Crippen molar-refractivity contribution in [2.24, 2.45) is 0 Å². The predicted molar refractivity (Wildman–Crippen MR) is 107 cm³/mol. The van der Waals surface area contributed by atoms with Crippen LogP contribution < -0.4 is 0 Å². The van der Waals surface area contributed by atoms with Gasteiger partial charge >= 0.3 is 0 Å². The number of aromatic nitrogens is 2. The Bertz CT molecular complexity index is 906. The average molecular weight is 368 g/mol. The van der Waals surface area contributed by atoms with E-state index < -0.39 is 0 Å². The molecule has 0 N–H and O–H groups in total. The number of amides is 1. The summed E-state index contributed by atoms with van der Waals surface area (Å²) in [7, 11) is 1.96. The van der Waals surface area contributed by atoms with E-state index in [4.69, 9.17) is 0 Å². The van der Waals surface area contributed by atoms with Crippen molar-refractivity contribution in [1.29, 1.82) is 0 Å². The van der Waals surface area contributed by atoms with Gasteiger partial charge in [0, 0.05) is 18.5 Å². The quantitative estimate of drug-likeness (QED) is 0.660. The summed E-state index contributed by atoms with van der Waals surface area (Å²) >= 11 is 1.57. The van der Waals surface area contributed by atoms with Crippen LogP contribution in [-0.2, 0) is 6.54 Å². The molecule has 0 unspecified atom stereocenters. The molecule has 0 saturated heterocycles. The van der Waals surface area contributed by atoms with Gasteiger partial charge in [0.2, 0.25) is 0 Å². The van der Waals surface area contributed by atoms with Gasteiger partial charge in [0.05, 0.1) is 17.1 Å². The van der Waals surface area contributed by atoms with Crippen LogP contribution in [0.25, 0.3) is 10.2 Å². The van der Waals surface area contributed by atoms with E-state index >= 15 is 0 Å². The van der Waals surface area contributed by atoms with Crippen molar-refractivity contribution in [2.75, 3.05) is 7.05 Å². The lowest BCUT2D eigenvalue weighted by Crippen LogP contribution is -2.37. The van der Waals surface area contributed by atoms with Crippen molar-refractivity contribution in [1.82, 2.24) is 14.7 Å². The number of rotatable bonds is 4. The first-order valence-corrected chi connectivity index (χ1v) is 10.2. The van der Waals surface area contributed by atoms with Crippen molar-refractivity contribution >= 4 is 27.5 Å². The third-order valence-electron chi connectivity index (χ3n) is 5.44. The average Bonchev–Trinajstić information content (AvgIpc) is 3.24. The highest BCUT2D eigenvalue weighted by Crippen LogP contribution is 2.31. The zero-order valence-corrected chi connectivity index (χ0v) is 16.3. The van der Waals surface area contributed by atoms with Crippen LogP contribution in [0.5, 0.6) is 0 Å². The third kappa shape index (κ3) is 3.28. The molecule has 0 bridgehead atoms. The first kappa shape index (κ1) is 17.3. The van der Waals surface area contributed by atoms with Crippen molar-refractivity contribution in [3.05, 3.63) is 52.5 Å². The maximum atomic E-state index is 13.0. The van der Waals surface area contributed by atoms with Crippen LogP contribution >= 0.6 is 11.3 Å². The maximum absolute atomic E-state index is 13.0. The minimum absolute atomic E-state index is 0.156. The number of hydrogen-bond donors (Lipinski definition) is 0. The SMILES string of the molecule is Cc1nn(Cc2ccccc2)c2sc(C(=O)N(C)C3CCCCC3)cc12. The fraction of sp³-hybridized carbons (Fsp3) is 0.429. The van der Waals surface area contributed by atoms with Crippen LogP contribution in [0, 0.1) is 6.92 Å². The number of carbonyl (C=O) groups is 1. The van der Waals surface area contributed by atoms with E-state index in [2.05, 4.69) is 17.2 Å². The zero-order valence-electron chi connectivity index (χ0n) is 15.4. The topological polar surface area (TPSA) is 38.1 Å². The Morgan fingerprint density at radius 1 is 1.23 bits per heavy atom. The number of nitrogens with zero attached hydrogens (tertiary/aromatic N) is 3. The highest BCUT2D eigenvalue weighted by molar-refractivity contribution is 7.20. The van der Waals surface area contributed by atoms with Gasteiger partial charge in [-0.1, -0.05) is 49.6 Å². The molecule has 0 aliphatic heterocycles. The summed E-state index contributed by atoms with van der Waals surface area (Å²) in [5, 5.41) is 5.79. The van der Waals surface area contributed by atoms with E-state index in [1.54, 1.807) is 11.3 Å². The van der Waals surface area contributed by atoms with E-state index in [9.17, 15) is 4.79 Å². The fourth-order valence-electron chi connectivity index (χ4n) is 3.89. The first-order valence-electron chi connectivity index (χ1n) is 9.41. The number of thiophene rings is 1. The molecule has 136 valence electrons. The molecule has 0 spiro atoms. The molecule has 1 aliphatic carbocycles. The van der Waals surface area contributed by atoms with E-state index in [1.165, 1.54) is 24.8 Å². The van der Waals surface area contributed by atoms with Crippen LogP contribution in [0.4, 0.5) is 0 Å². The highest BCUT2D eigenvalue weighted by Gasteiger charge is 2.25. The summed E-state index contributed by atoms with van der Waals surface area (Å²) in [6.07, 6.45) is 6.04. The third-order valence-corrected chi connectivity index (χ3v) is 6.57. The molecule has 2 heterocycles. The Morgan fingerprint density at radius 3 is 2.69 bits per heavy atom. The number of benzene rings is 1. The lowest BCUT2D eigenvalue weighted by atomic mass is 9.94. The molecular weight excluding hydrogens is 342 g/mol. The van der Waals surface area contributed by atoms with Gasteiger partial charge in [0.1, 0.15) is 4.83 Å². The largest absolute Gasteiger partial charge is 0.338 e. The molecule has 5 heteroatoms. The highest BCUT2D eigenvalue weighted by atomic mass is 32.1. The Morgan fingerprint density at radius 2 is 1.96 bits per heavy atom. The smallest absolute Gasteiger partial charge is 0.264 e. The van der Waals surface area contributed by atoms with Gasteiger partial charge in [-0.2, -0.15) is 5.10 Å². The minimum atomic E-state index is 0.156. The second-order valence-electron chi connectivity index (χ2n) is 7.27. The van der Waals surface area contributed by atoms with E-state index in [0.29, 0.717) is 6.04 Å². The van der Waals surface area contributed by atoms with Gasteiger partial charge in [0.15, 0.2) is 0 Å². The van der Waals surface area contributed by atoms with Gasteiger partial charge in [-0.25, -0.2) is 0 Å². The monoisotopic (exact) mass is 367 g/mol. The molecule has 26 heavy (non-hydrogen) atoms. The number of fused-ring (bicyclic) bond motifs is 1. The van der Waals surface area contributed by atoms with Crippen LogP contribution in [0.3, 0.4) is 0 Å². The second-order valence-corrected chi connectivity index (χ2v) is 8.30. The van der Waals surface area contributed by atoms with Gasteiger partial charge in [0.25, 0.3) is 5.91 Å². The van der Waals surface area contributed by atoms with Crippen LogP contribution in [-0.4, -0.2) is 33.7 Å². The van der Waals surface area contributed by atoms with Crippen molar-refractivity contribution in [3.8, 4) is 0 Å². The Balaban J connectivity index is 1.61. The molecule has 0 atom stereocenters. The van der Waals surface area contributed by atoms with E-state index in [1.807, 2.05) is 47.8 Å². The Kier molecular flexibility index (Phi) is 4.81. The zero-order chi connectivity index (χ0) is 18.1. The molecule has 1 aromatic carbocycles. The molecule has 1 aliphatic rings. The van der Waals surface area contributed by atoms with Crippen LogP contribution in [0.2, 0.25) is 0 Å². The summed E-state index contributed by atoms with van der Waals surface area (Å²) < 4.78 is 2.03. The van der Waals surface area contributed by atoms with E-state index in [0.717, 1.165) is 40.2 Å². The lowest BCUT2D eigenvalue weighted by Gasteiger charge is -2.30. The molecule has 4 nitrogen and oxygen atoms in total.